The summed E-state index contributed by atoms with van der Waals surface area (Å²) in [6.07, 6.45) is 0. The number of hydrogen-bond acceptors (Lipinski definition) is 6. The van der Waals surface area contributed by atoms with Crippen molar-refractivity contribution >= 4 is 12.4 Å². The maximum Gasteiger partial charge on any atom is 1.00 e. The van der Waals surface area contributed by atoms with Crippen LogP contribution in [-0.4, -0.2) is 0 Å². The van der Waals surface area contributed by atoms with Crippen LogP contribution in [0.3, 0.4) is 0 Å². The molecule has 0 heterocycles. The largest absolute Gasteiger partial charge is 1.00 e. The van der Waals surface area contributed by atoms with Crippen molar-refractivity contribution in [3.63, 3.8) is 0 Å². The van der Waals surface area contributed by atoms with E-state index in [1.807, 2.05) is 0 Å². The van der Waals surface area contributed by atoms with Gasteiger partial charge in [0.25, 0.3) is 0 Å². The van der Waals surface area contributed by atoms with Crippen molar-refractivity contribution < 1.29 is 101 Å². The molecule has 0 saturated carbocycles. The third-order valence-electron chi connectivity index (χ3n) is 0. The van der Waals surface area contributed by atoms with Gasteiger partial charge >= 0.3 is 80.9 Å². The average molecular weight is 319 g/mol. The molecule has 10 heteroatoms. The Morgan fingerprint density at radius 1 is 0.500 bits per heavy atom. The van der Waals surface area contributed by atoms with Crippen molar-refractivity contribution in [1.29, 1.82) is 31.6 Å². The first kappa shape index (κ1) is 95.1. The summed E-state index contributed by atoms with van der Waals surface area (Å²) < 4.78 is 0. The van der Waals surface area contributed by atoms with Crippen LogP contribution in [-0.2, 0) is 17.1 Å². The standard InChI is InChI=1S/6CHN.ClH.Fe.K.Na.2H/c6*1-2;;;;;;/h6*1H;1H;;;;;/q;;;;;;;;2*+1;2*-1. The molecule has 0 saturated heterocycles. The Morgan fingerprint density at radius 3 is 0.500 bits per heavy atom. The van der Waals surface area contributed by atoms with Crippen LogP contribution >= 0.6 is 12.4 Å². The first-order valence-electron chi connectivity index (χ1n) is 1.55. The van der Waals surface area contributed by atoms with Crippen LogP contribution in [0, 0.1) is 71.0 Å². The molecule has 0 atom stereocenters. The van der Waals surface area contributed by atoms with Crippen molar-refractivity contribution in [3.05, 3.63) is 0 Å². The molecule has 0 aliphatic rings. The number of nitrogens with zero attached hydrogens (tertiary/aromatic N) is 6. The van der Waals surface area contributed by atoms with Crippen molar-refractivity contribution in [2.45, 2.75) is 0 Å². The first-order chi connectivity index (χ1) is 6.00. The van der Waals surface area contributed by atoms with Crippen molar-refractivity contribution in [3.8, 4) is 39.4 Å². The zero-order valence-corrected chi connectivity index (χ0v) is 16.0. The fourth-order valence-corrected chi connectivity index (χ4v) is 0. The SMILES string of the molecule is C#N.C#N.C#N.C#N.C#N.C#N.Cl.[Fe].[H-].[H-].[K+].[Na+]. The summed E-state index contributed by atoms with van der Waals surface area (Å²) in [5, 5.41) is 39.0. The third-order valence-corrected chi connectivity index (χ3v) is 0. The van der Waals surface area contributed by atoms with E-state index in [0.29, 0.717) is 0 Å². The maximum absolute atomic E-state index is 6.50. The topological polar surface area (TPSA) is 143 Å². The van der Waals surface area contributed by atoms with Crippen LogP contribution in [0.15, 0.2) is 0 Å². The quantitative estimate of drug-likeness (QED) is 0.412. The Labute approximate surface area is 181 Å². The predicted octanol–water partition coefficient (Wildman–Crippen LogP) is -4.51. The Bertz CT molecular complexity index is 117. The molecule has 0 aliphatic carbocycles. The van der Waals surface area contributed by atoms with Crippen molar-refractivity contribution in [2.75, 3.05) is 0 Å². The molecule has 0 N–H and O–H groups in total. The van der Waals surface area contributed by atoms with E-state index in [9.17, 15) is 0 Å². The van der Waals surface area contributed by atoms with Crippen LogP contribution in [0.4, 0.5) is 0 Å². The van der Waals surface area contributed by atoms with E-state index in [4.69, 9.17) is 31.6 Å². The molecule has 0 spiro atoms. The second-order valence-electron chi connectivity index (χ2n) is 0. The minimum absolute atomic E-state index is 0. The van der Waals surface area contributed by atoms with Gasteiger partial charge in [0, 0.05) is 56.5 Å². The van der Waals surface area contributed by atoms with E-state index < -0.39 is 0 Å². The Kier molecular flexibility index (Phi) is 127000. The summed E-state index contributed by atoms with van der Waals surface area (Å²) in [4.78, 5) is 0. The van der Waals surface area contributed by atoms with E-state index in [1.54, 1.807) is 0 Å². The molecule has 0 aliphatic heterocycles. The Balaban J connectivity index is -0.00000000225. The summed E-state index contributed by atoms with van der Waals surface area (Å²) in [6, 6.07) is 0. The van der Waals surface area contributed by atoms with Gasteiger partial charge in [0.1, 0.15) is 0 Å². The smallest absolute Gasteiger partial charge is 1.00 e. The predicted molar refractivity (Wildman–Crippen MR) is 49.5 cm³/mol. The molecule has 0 aromatic rings. The van der Waals surface area contributed by atoms with Gasteiger partial charge in [-0.1, -0.05) is 0 Å². The number of halogens is 1. The van der Waals surface area contributed by atoms with Gasteiger partial charge in [-0.2, -0.15) is 0 Å². The number of hydrogen-bond donors (Lipinski definition) is 0. The van der Waals surface area contributed by atoms with Crippen LogP contribution in [0.2, 0.25) is 0 Å². The molecule has 0 radical (unpaired) electrons. The molecule has 0 amide bonds. The van der Waals surface area contributed by atoms with E-state index >= 15 is 0 Å². The number of rotatable bonds is 0. The Hall–Kier alpha value is 0.386. The molecule has 16 heavy (non-hydrogen) atoms. The normalized spacial score (nSPS) is 0.750. The van der Waals surface area contributed by atoms with Gasteiger partial charge < -0.3 is 2.85 Å². The molecule has 80 valence electrons. The minimum Gasteiger partial charge on any atom is -1.00 e. The fourth-order valence-electron chi connectivity index (χ4n) is 0. The van der Waals surface area contributed by atoms with Crippen LogP contribution in [0.25, 0.3) is 0 Å². The van der Waals surface area contributed by atoms with Gasteiger partial charge in [0.2, 0.25) is 0 Å². The van der Waals surface area contributed by atoms with E-state index in [0.717, 1.165) is 0 Å². The van der Waals surface area contributed by atoms with Gasteiger partial charge in [-0.25, -0.2) is 31.6 Å². The molecule has 6 nitrogen and oxygen atoms in total. The maximum atomic E-state index is 6.50. The summed E-state index contributed by atoms with van der Waals surface area (Å²) in [5.41, 5.74) is 0. The summed E-state index contributed by atoms with van der Waals surface area (Å²) in [7, 11) is 0. The molecule has 0 fully saturated rings. The van der Waals surface area contributed by atoms with Gasteiger partial charge in [-0.15, -0.1) is 12.4 Å². The molecule has 0 unspecified atom stereocenters. The second-order valence-corrected chi connectivity index (χ2v) is 0. The molecule has 0 bridgehead atoms. The molecule has 0 aromatic heterocycles. The summed E-state index contributed by atoms with van der Waals surface area (Å²) in [6.45, 7) is 21.0. The fraction of sp³-hybridized carbons (Fsp3) is 0. The van der Waals surface area contributed by atoms with Gasteiger partial charge in [0.05, 0.1) is 0 Å². The van der Waals surface area contributed by atoms with Gasteiger partial charge in [-0.05, 0) is 0 Å². The van der Waals surface area contributed by atoms with E-state index in [2.05, 4.69) is 39.4 Å². The third kappa shape index (κ3) is 17300. The van der Waals surface area contributed by atoms with Crippen molar-refractivity contribution in [1.82, 2.24) is 0 Å². The van der Waals surface area contributed by atoms with Crippen LogP contribution in [0.5, 0.6) is 0 Å². The van der Waals surface area contributed by atoms with Crippen LogP contribution in [0.1, 0.15) is 2.85 Å². The average Bonchev–Trinajstić information content (AvgIpc) is 2.33. The van der Waals surface area contributed by atoms with Gasteiger partial charge in [0.15, 0.2) is 0 Å². The zero-order chi connectivity index (χ0) is 12.0. The zero-order valence-electron chi connectivity index (χ0n) is 10.9. The molecular weight excluding hydrogens is 309 g/mol. The Morgan fingerprint density at radius 2 is 0.500 bits per heavy atom. The molecular formula is C6H9ClFeKN6Na. The van der Waals surface area contributed by atoms with E-state index in [-0.39, 0.29) is 113 Å². The first-order valence-corrected chi connectivity index (χ1v) is 1.55. The van der Waals surface area contributed by atoms with E-state index in [1.165, 1.54) is 0 Å². The number of nitriles is 6. The molecule has 0 aromatic carbocycles. The van der Waals surface area contributed by atoms with Gasteiger partial charge in [-0.3, -0.25) is 0 Å². The van der Waals surface area contributed by atoms with Crippen LogP contribution < -0.4 is 80.9 Å². The molecule has 0 rings (SSSR count). The summed E-state index contributed by atoms with van der Waals surface area (Å²) >= 11 is 0. The van der Waals surface area contributed by atoms with Crippen molar-refractivity contribution in [2.24, 2.45) is 0 Å². The summed E-state index contributed by atoms with van der Waals surface area (Å²) in [5.74, 6) is 0. The second kappa shape index (κ2) is 21400. The monoisotopic (exact) mass is 318 g/mol. The minimum atomic E-state index is 0.